The predicted molar refractivity (Wildman–Crippen MR) is 63.1 cm³/mol. The molecule has 0 aromatic rings. The van der Waals surface area contributed by atoms with E-state index in [1.54, 1.807) is 0 Å². The molecule has 1 heterocycles. The molecule has 3 atom stereocenters. The van der Waals surface area contributed by atoms with Crippen molar-refractivity contribution in [1.82, 2.24) is 10.2 Å². The van der Waals surface area contributed by atoms with Crippen molar-refractivity contribution in [2.75, 3.05) is 7.05 Å². The van der Waals surface area contributed by atoms with Crippen LogP contribution in [0.3, 0.4) is 0 Å². The summed E-state index contributed by atoms with van der Waals surface area (Å²) in [6.45, 7) is 0. The number of nitrogens with zero attached hydrogens (tertiary/aromatic N) is 1. The molecule has 3 rings (SSSR count). The van der Waals surface area contributed by atoms with Crippen LogP contribution in [0.4, 0.5) is 0 Å². The molecular weight excluding hydrogens is 200 g/mol. The molecule has 1 N–H and O–H groups in total. The van der Waals surface area contributed by atoms with Gasteiger partial charge in [0.15, 0.2) is 0 Å². The van der Waals surface area contributed by atoms with E-state index in [0.717, 1.165) is 12.3 Å². The van der Waals surface area contributed by atoms with Gasteiger partial charge in [-0.1, -0.05) is 19.3 Å². The van der Waals surface area contributed by atoms with Crippen molar-refractivity contribution < 1.29 is 4.79 Å². The maximum atomic E-state index is 12.3. The van der Waals surface area contributed by atoms with Crippen molar-refractivity contribution in [3.05, 3.63) is 0 Å². The van der Waals surface area contributed by atoms with Crippen molar-refractivity contribution in [2.45, 2.75) is 63.1 Å². The average molecular weight is 222 g/mol. The zero-order chi connectivity index (χ0) is 11.1. The molecule has 90 valence electrons. The van der Waals surface area contributed by atoms with Crippen molar-refractivity contribution >= 4 is 5.91 Å². The van der Waals surface area contributed by atoms with Crippen LogP contribution >= 0.6 is 0 Å². The van der Waals surface area contributed by atoms with Crippen molar-refractivity contribution in [1.29, 1.82) is 0 Å². The third-order valence-corrected chi connectivity index (χ3v) is 4.64. The molecule has 2 aliphatic carbocycles. The molecule has 3 heteroatoms. The van der Waals surface area contributed by atoms with Gasteiger partial charge in [0.2, 0.25) is 5.91 Å². The first-order valence-corrected chi connectivity index (χ1v) is 6.78. The smallest absolute Gasteiger partial charge is 0.239 e. The van der Waals surface area contributed by atoms with E-state index in [1.807, 2.05) is 11.9 Å². The van der Waals surface area contributed by atoms with Crippen LogP contribution < -0.4 is 5.32 Å². The molecule has 0 aromatic heterocycles. The van der Waals surface area contributed by atoms with Gasteiger partial charge in [0.05, 0.1) is 6.04 Å². The molecule has 1 saturated heterocycles. The molecule has 0 radical (unpaired) electrons. The molecular formula is C13H22N2O. The molecule has 1 aliphatic heterocycles. The normalized spacial score (nSPS) is 38.2. The van der Waals surface area contributed by atoms with Crippen LogP contribution in [0.1, 0.15) is 44.9 Å². The Balaban J connectivity index is 1.56. The molecule has 3 aliphatic rings. The zero-order valence-corrected chi connectivity index (χ0v) is 10.1. The Bertz CT molecular complexity index is 276. The van der Waals surface area contributed by atoms with E-state index in [2.05, 4.69) is 5.32 Å². The van der Waals surface area contributed by atoms with Crippen LogP contribution in [0.15, 0.2) is 0 Å². The van der Waals surface area contributed by atoms with Crippen molar-refractivity contribution in [3.63, 3.8) is 0 Å². The average Bonchev–Trinajstić information content (AvgIpc) is 2.95. The third kappa shape index (κ3) is 1.86. The van der Waals surface area contributed by atoms with E-state index < -0.39 is 0 Å². The molecule has 16 heavy (non-hydrogen) atoms. The molecule has 0 aromatic carbocycles. The standard InChI is InChI=1S/C13H22N2O/c1-15(10-5-3-2-4-6-10)13(16)12-8-9-7-11(9)14-12/h9-12,14H,2-8H2,1H3/t9-,11-,12+/m1/s1. The summed E-state index contributed by atoms with van der Waals surface area (Å²) in [5, 5.41) is 3.46. The lowest BCUT2D eigenvalue weighted by Gasteiger charge is -2.33. The van der Waals surface area contributed by atoms with Gasteiger partial charge >= 0.3 is 0 Å². The summed E-state index contributed by atoms with van der Waals surface area (Å²) in [5.41, 5.74) is 0. The van der Waals surface area contributed by atoms with Gasteiger partial charge in [-0.25, -0.2) is 0 Å². The van der Waals surface area contributed by atoms with Crippen molar-refractivity contribution in [2.24, 2.45) is 5.92 Å². The quantitative estimate of drug-likeness (QED) is 0.768. The number of hydrogen-bond acceptors (Lipinski definition) is 2. The van der Waals surface area contributed by atoms with E-state index in [1.165, 1.54) is 38.5 Å². The highest BCUT2D eigenvalue weighted by Crippen LogP contribution is 2.41. The summed E-state index contributed by atoms with van der Waals surface area (Å²) in [5.74, 6) is 1.16. The first kappa shape index (κ1) is 10.6. The Labute approximate surface area is 97.6 Å². The van der Waals surface area contributed by atoms with Gasteiger partial charge in [-0.3, -0.25) is 4.79 Å². The van der Waals surface area contributed by atoms with E-state index in [0.29, 0.717) is 18.0 Å². The molecule has 1 amide bonds. The maximum Gasteiger partial charge on any atom is 0.239 e. The van der Waals surface area contributed by atoms with E-state index in [4.69, 9.17) is 0 Å². The summed E-state index contributed by atoms with van der Waals surface area (Å²) >= 11 is 0. The van der Waals surface area contributed by atoms with E-state index in [-0.39, 0.29) is 6.04 Å². The van der Waals surface area contributed by atoms with Gasteiger partial charge in [-0.2, -0.15) is 0 Å². The monoisotopic (exact) mass is 222 g/mol. The summed E-state index contributed by atoms with van der Waals surface area (Å²) in [4.78, 5) is 14.3. The van der Waals surface area contributed by atoms with Gasteiger partial charge in [0.25, 0.3) is 0 Å². The number of carbonyl (C=O) groups excluding carboxylic acids is 1. The second-order valence-electron chi connectivity index (χ2n) is 5.80. The van der Waals surface area contributed by atoms with Crippen molar-refractivity contribution in [3.8, 4) is 0 Å². The number of nitrogens with one attached hydrogen (secondary N) is 1. The van der Waals surface area contributed by atoms with E-state index in [9.17, 15) is 4.79 Å². The molecule has 3 nitrogen and oxygen atoms in total. The first-order valence-electron chi connectivity index (χ1n) is 6.78. The number of rotatable bonds is 2. The fourth-order valence-corrected chi connectivity index (χ4v) is 3.41. The first-order chi connectivity index (χ1) is 7.75. The Morgan fingerprint density at radius 3 is 2.56 bits per heavy atom. The molecule has 2 saturated carbocycles. The topological polar surface area (TPSA) is 32.3 Å². The minimum Gasteiger partial charge on any atom is -0.341 e. The predicted octanol–water partition coefficient (Wildman–Crippen LogP) is 1.53. The molecule has 3 fully saturated rings. The minimum absolute atomic E-state index is 0.135. The minimum atomic E-state index is 0.135. The van der Waals surface area contributed by atoms with Crippen LogP contribution in [0, 0.1) is 5.92 Å². The Morgan fingerprint density at radius 1 is 1.19 bits per heavy atom. The van der Waals surface area contributed by atoms with Gasteiger partial charge in [-0.15, -0.1) is 0 Å². The summed E-state index contributed by atoms with van der Waals surface area (Å²) in [6.07, 6.45) is 8.75. The number of carbonyl (C=O) groups is 1. The number of fused-ring (bicyclic) bond motifs is 1. The van der Waals surface area contributed by atoms with E-state index >= 15 is 0 Å². The Hall–Kier alpha value is -0.570. The lowest BCUT2D eigenvalue weighted by Crippen LogP contribution is -2.47. The largest absolute Gasteiger partial charge is 0.341 e. The highest BCUT2D eigenvalue weighted by molar-refractivity contribution is 5.82. The lowest BCUT2D eigenvalue weighted by molar-refractivity contribution is -0.134. The van der Waals surface area contributed by atoms with Crippen LogP contribution in [0.5, 0.6) is 0 Å². The zero-order valence-electron chi connectivity index (χ0n) is 10.1. The highest BCUT2D eigenvalue weighted by atomic mass is 16.2. The number of hydrogen-bond donors (Lipinski definition) is 1. The van der Waals surface area contributed by atoms with Gasteiger partial charge in [-0.05, 0) is 31.6 Å². The van der Waals surface area contributed by atoms with Crippen LogP contribution in [0.2, 0.25) is 0 Å². The second-order valence-corrected chi connectivity index (χ2v) is 5.80. The molecule has 0 bridgehead atoms. The maximum absolute atomic E-state index is 12.3. The van der Waals surface area contributed by atoms with Gasteiger partial charge in [0.1, 0.15) is 0 Å². The summed E-state index contributed by atoms with van der Waals surface area (Å²) in [7, 11) is 2.00. The molecule has 0 spiro atoms. The number of amides is 1. The fraction of sp³-hybridized carbons (Fsp3) is 0.923. The summed E-state index contributed by atoms with van der Waals surface area (Å²) in [6, 6.07) is 1.32. The second kappa shape index (κ2) is 4.02. The Kier molecular flexibility index (Phi) is 2.66. The van der Waals surface area contributed by atoms with Gasteiger partial charge < -0.3 is 10.2 Å². The Morgan fingerprint density at radius 2 is 1.94 bits per heavy atom. The third-order valence-electron chi connectivity index (χ3n) is 4.64. The van der Waals surface area contributed by atoms with Crippen LogP contribution in [-0.2, 0) is 4.79 Å². The summed E-state index contributed by atoms with van der Waals surface area (Å²) < 4.78 is 0. The molecule has 0 unspecified atom stereocenters. The SMILES string of the molecule is CN(C(=O)[C@@H]1C[C@H]2C[C@H]2N1)C1CCCCC1. The lowest BCUT2D eigenvalue weighted by atomic mass is 9.94. The van der Waals surface area contributed by atoms with Crippen LogP contribution in [0.25, 0.3) is 0 Å². The fourth-order valence-electron chi connectivity index (χ4n) is 3.41. The van der Waals surface area contributed by atoms with Gasteiger partial charge in [0, 0.05) is 19.1 Å². The highest BCUT2D eigenvalue weighted by Gasteiger charge is 2.48. The number of piperidine rings is 1. The van der Waals surface area contributed by atoms with Crippen LogP contribution in [-0.4, -0.2) is 36.0 Å². The number of likely N-dealkylation sites (N-methyl/N-ethyl adjacent to an activating group) is 1.